The molecule has 7 nitrogen and oxygen atoms in total. The number of aryl methyl sites for hydroxylation is 3. The van der Waals surface area contributed by atoms with E-state index >= 15 is 0 Å². The summed E-state index contributed by atoms with van der Waals surface area (Å²) in [7, 11) is 1.62. The fraction of sp³-hybridized carbons (Fsp3) is 0.214. The van der Waals surface area contributed by atoms with Crippen LogP contribution in [0.4, 0.5) is 0 Å². The maximum absolute atomic E-state index is 13.5. The highest BCUT2D eigenvalue weighted by Gasteiger charge is 2.23. The molecule has 0 radical (unpaired) electrons. The predicted octanol–water partition coefficient (Wildman–Crippen LogP) is 3.64. The van der Waals surface area contributed by atoms with Crippen molar-refractivity contribution in [3.63, 3.8) is 0 Å². The van der Waals surface area contributed by atoms with E-state index in [-0.39, 0.29) is 12.2 Å². The molecule has 0 bridgehead atoms. The molecule has 0 saturated heterocycles. The van der Waals surface area contributed by atoms with Gasteiger partial charge in [-0.3, -0.25) is 14.2 Å². The van der Waals surface area contributed by atoms with E-state index in [1.807, 2.05) is 93.6 Å². The first kappa shape index (κ1) is 23.9. The monoisotopic (exact) mass is 468 g/mol. The van der Waals surface area contributed by atoms with E-state index in [1.54, 1.807) is 7.05 Å². The van der Waals surface area contributed by atoms with Crippen LogP contribution in [0.5, 0.6) is 0 Å². The van der Waals surface area contributed by atoms with Crippen LogP contribution >= 0.6 is 0 Å². The summed E-state index contributed by atoms with van der Waals surface area (Å²) in [6.45, 7) is 6.15. The molecule has 1 heterocycles. The minimum atomic E-state index is -0.707. The van der Waals surface area contributed by atoms with Crippen LogP contribution < -0.4 is 11.2 Å². The Labute approximate surface area is 203 Å². The normalized spacial score (nSPS) is 10.9. The van der Waals surface area contributed by atoms with Gasteiger partial charge in [-0.15, -0.1) is 0 Å². The zero-order valence-corrected chi connectivity index (χ0v) is 20.4. The molecular formula is C28H28N4O3. The van der Waals surface area contributed by atoms with Gasteiger partial charge in [0.25, 0.3) is 11.5 Å². The van der Waals surface area contributed by atoms with Gasteiger partial charge in [0.05, 0.1) is 12.2 Å². The van der Waals surface area contributed by atoms with Crippen molar-refractivity contribution >= 4 is 5.91 Å². The number of carbonyl (C=O) groups excluding carboxylic acids is 1. The van der Waals surface area contributed by atoms with Crippen LogP contribution in [-0.2, 0) is 13.1 Å². The molecule has 0 aliphatic carbocycles. The summed E-state index contributed by atoms with van der Waals surface area (Å²) in [6.07, 6.45) is 0. The Morgan fingerprint density at radius 3 is 2.09 bits per heavy atom. The van der Waals surface area contributed by atoms with Gasteiger partial charge < -0.3 is 4.90 Å². The Kier molecular flexibility index (Phi) is 6.78. The van der Waals surface area contributed by atoms with Gasteiger partial charge in [-0.1, -0.05) is 66.2 Å². The third-order valence-corrected chi connectivity index (χ3v) is 5.78. The predicted molar refractivity (Wildman–Crippen MR) is 136 cm³/mol. The van der Waals surface area contributed by atoms with Gasteiger partial charge in [0.2, 0.25) is 5.69 Å². The van der Waals surface area contributed by atoms with Gasteiger partial charge in [0, 0.05) is 13.6 Å². The maximum Gasteiger partial charge on any atom is 0.352 e. The van der Waals surface area contributed by atoms with Crippen molar-refractivity contribution in [1.29, 1.82) is 0 Å². The standard InChI is InChI=1S/C28H28N4O3/c1-19-10-12-23(13-11-19)18-31-27(34)25(26(33)30(4)17-22-8-6-5-7-9-22)29-32(28(31)35)24-15-20(2)14-21(3)16-24/h5-16H,17-18H2,1-4H3. The molecule has 0 unspecified atom stereocenters. The first-order valence-corrected chi connectivity index (χ1v) is 11.4. The molecule has 3 aromatic carbocycles. The first-order chi connectivity index (χ1) is 16.7. The second-order valence-electron chi connectivity index (χ2n) is 8.91. The molecule has 0 spiro atoms. The molecule has 1 aromatic heterocycles. The van der Waals surface area contributed by atoms with Crippen molar-refractivity contribution in [3.05, 3.63) is 127 Å². The van der Waals surface area contributed by atoms with E-state index < -0.39 is 17.2 Å². The van der Waals surface area contributed by atoms with E-state index in [0.717, 1.165) is 37.1 Å². The Bertz CT molecular complexity index is 1470. The van der Waals surface area contributed by atoms with Crippen LogP contribution in [-0.4, -0.2) is 32.2 Å². The van der Waals surface area contributed by atoms with Crippen molar-refractivity contribution in [2.24, 2.45) is 0 Å². The summed E-state index contributed by atoms with van der Waals surface area (Å²) in [6, 6.07) is 22.7. The lowest BCUT2D eigenvalue weighted by Gasteiger charge is -2.18. The third kappa shape index (κ3) is 5.30. The Balaban J connectivity index is 1.84. The summed E-state index contributed by atoms with van der Waals surface area (Å²) in [5.41, 5.74) is 3.57. The van der Waals surface area contributed by atoms with Crippen LogP contribution in [0.25, 0.3) is 5.69 Å². The minimum absolute atomic E-state index is 0.0357. The van der Waals surface area contributed by atoms with Gasteiger partial charge >= 0.3 is 5.69 Å². The molecule has 0 fully saturated rings. The second kappa shape index (κ2) is 9.93. The number of amides is 1. The van der Waals surface area contributed by atoms with E-state index in [9.17, 15) is 14.4 Å². The molecule has 0 atom stereocenters. The quantitative estimate of drug-likeness (QED) is 0.433. The lowest BCUT2D eigenvalue weighted by molar-refractivity contribution is 0.0773. The van der Waals surface area contributed by atoms with Crippen LogP contribution in [0.15, 0.2) is 82.4 Å². The number of benzene rings is 3. The van der Waals surface area contributed by atoms with Gasteiger partial charge in [-0.05, 0) is 55.2 Å². The molecule has 35 heavy (non-hydrogen) atoms. The van der Waals surface area contributed by atoms with Gasteiger partial charge in [-0.25, -0.2) is 4.79 Å². The van der Waals surface area contributed by atoms with E-state index in [4.69, 9.17) is 0 Å². The number of aromatic nitrogens is 3. The molecule has 0 N–H and O–H groups in total. The third-order valence-electron chi connectivity index (χ3n) is 5.78. The SMILES string of the molecule is Cc1ccc(Cn2c(=O)c(C(=O)N(C)Cc3ccccc3)nn(-c3cc(C)cc(C)c3)c2=O)cc1. The highest BCUT2D eigenvalue weighted by molar-refractivity contribution is 5.91. The number of carbonyl (C=O) groups is 1. The van der Waals surface area contributed by atoms with E-state index in [1.165, 1.54) is 4.90 Å². The topological polar surface area (TPSA) is 77.2 Å². The van der Waals surface area contributed by atoms with Gasteiger partial charge in [0.15, 0.2) is 0 Å². The number of rotatable bonds is 6. The summed E-state index contributed by atoms with van der Waals surface area (Å²) in [5.74, 6) is -0.547. The fourth-order valence-corrected chi connectivity index (χ4v) is 4.02. The largest absolute Gasteiger partial charge is 0.352 e. The zero-order chi connectivity index (χ0) is 25.1. The maximum atomic E-state index is 13.5. The molecule has 0 saturated carbocycles. The van der Waals surface area contributed by atoms with Crippen LogP contribution in [0.1, 0.15) is 38.3 Å². The molecule has 0 aliphatic heterocycles. The number of hydrogen-bond acceptors (Lipinski definition) is 4. The van der Waals surface area contributed by atoms with Crippen LogP contribution in [0.3, 0.4) is 0 Å². The highest BCUT2D eigenvalue weighted by atomic mass is 16.2. The molecule has 0 aliphatic rings. The Hall–Kier alpha value is -4.26. The Morgan fingerprint density at radius 2 is 1.46 bits per heavy atom. The first-order valence-electron chi connectivity index (χ1n) is 11.4. The molecule has 178 valence electrons. The summed E-state index contributed by atoms with van der Waals surface area (Å²) >= 11 is 0. The smallest absolute Gasteiger partial charge is 0.336 e. The molecular weight excluding hydrogens is 440 g/mol. The van der Waals surface area contributed by atoms with Crippen molar-refractivity contribution < 1.29 is 4.79 Å². The van der Waals surface area contributed by atoms with E-state index in [2.05, 4.69) is 5.10 Å². The van der Waals surface area contributed by atoms with Crippen LogP contribution in [0.2, 0.25) is 0 Å². The summed E-state index contributed by atoms with van der Waals surface area (Å²) in [5, 5.41) is 4.28. The highest BCUT2D eigenvalue weighted by Crippen LogP contribution is 2.12. The number of nitrogens with zero attached hydrogens (tertiary/aromatic N) is 4. The lowest BCUT2D eigenvalue weighted by Crippen LogP contribution is -2.46. The van der Waals surface area contributed by atoms with Gasteiger partial charge in [0.1, 0.15) is 0 Å². The zero-order valence-electron chi connectivity index (χ0n) is 20.4. The average molecular weight is 469 g/mol. The summed E-state index contributed by atoms with van der Waals surface area (Å²) < 4.78 is 2.23. The van der Waals surface area contributed by atoms with Crippen molar-refractivity contribution in [1.82, 2.24) is 19.2 Å². The molecule has 4 rings (SSSR count). The van der Waals surface area contributed by atoms with E-state index in [0.29, 0.717) is 12.2 Å². The van der Waals surface area contributed by atoms with Crippen molar-refractivity contribution in [3.8, 4) is 5.69 Å². The lowest BCUT2D eigenvalue weighted by atomic mass is 10.1. The van der Waals surface area contributed by atoms with Gasteiger partial charge in [-0.2, -0.15) is 9.78 Å². The van der Waals surface area contributed by atoms with Crippen LogP contribution in [0, 0.1) is 20.8 Å². The molecule has 4 aromatic rings. The molecule has 1 amide bonds. The fourth-order valence-electron chi connectivity index (χ4n) is 4.02. The average Bonchev–Trinajstić information content (AvgIpc) is 2.82. The molecule has 7 heteroatoms. The van der Waals surface area contributed by atoms with Crippen molar-refractivity contribution in [2.45, 2.75) is 33.9 Å². The Morgan fingerprint density at radius 1 is 0.829 bits per heavy atom. The summed E-state index contributed by atoms with van der Waals surface area (Å²) in [4.78, 5) is 41.7. The second-order valence-corrected chi connectivity index (χ2v) is 8.91. The van der Waals surface area contributed by atoms with Crippen molar-refractivity contribution in [2.75, 3.05) is 7.05 Å². The minimum Gasteiger partial charge on any atom is -0.336 e. The number of hydrogen-bond donors (Lipinski definition) is 0.